The largest absolute Gasteiger partial charge is 0.488 e. The first kappa shape index (κ1) is 17.8. The molecule has 1 aromatic heterocycles. The van der Waals surface area contributed by atoms with Gasteiger partial charge in [-0.25, -0.2) is 14.8 Å². The molecule has 3 rings (SSSR count). The van der Waals surface area contributed by atoms with Gasteiger partial charge < -0.3 is 19.3 Å². The van der Waals surface area contributed by atoms with E-state index >= 15 is 0 Å². The number of aromatic nitrogens is 2. The highest BCUT2D eigenvalue weighted by molar-refractivity contribution is 5.68. The number of hydrogen-bond donors (Lipinski definition) is 0. The minimum Gasteiger partial charge on any atom is -0.488 e. The van der Waals surface area contributed by atoms with Crippen LogP contribution >= 0.6 is 0 Å². The van der Waals surface area contributed by atoms with Crippen molar-refractivity contribution in [1.82, 2.24) is 14.9 Å². The molecule has 0 bridgehead atoms. The van der Waals surface area contributed by atoms with Crippen LogP contribution in [0.4, 0.5) is 10.6 Å². The molecule has 0 unspecified atom stereocenters. The van der Waals surface area contributed by atoms with Gasteiger partial charge in [0, 0.05) is 25.7 Å². The minimum atomic E-state index is -0.455. The molecule has 7 heteroatoms. The van der Waals surface area contributed by atoms with Crippen molar-refractivity contribution in [2.45, 2.75) is 58.6 Å². The summed E-state index contributed by atoms with van der Waals surface area (Å²) in [5, 5.41) is 0. The van der Waals surface area contributed by atoms with Gasteiger partial charge in [-0.2, -0.15) is 0 Å². The summed E-state index contributed by atoms with van der Waals surface area (Å²) in [6, 6.07) is 0.355. The summed E-state index contributed by atoms with van der Waals surface area (Å²) in [7, 11) is 0. The first-order chi connectivity index (χ1) is 11.8. The number of hydrogen-bond acceptors (Lipinski definition) is 6. The number of aryl methyl sites for hydroxylation is 1. The average Bonchev–Trinajstić information content (AvgIpc) is 2.77. The molecule has 1 aromatic rings. The maximum Gasteiger partial charge on any atom is 0.410 e. The Hall–Kier alpha value is -2.05. The van der Waals surface area contributed by atoms with Gasteiger partial charge in [-0.3, -0.25) is 0 Å². The van der Waals surface area contributed by atoms with Crippen LogP contribution in [-0.4, -0.2) is 58.8 Å². The van der Waals surface area contributed by atoms with E-state index in [1.807, 2.05) is 32.6 Å². The molecule has 0 N–H and O–H groups in total. The van der Waals surface area contributed by atoms with Gasteiger partial charge in [-0.05, 0) is 47.0 Å². The first-order valence-corrected chi connectivity index (χ1v) is 9.04. The molecule has 25 heavy (non-hydrogen) atoms. The number of nitrogens with zero attached hydrogens (tertiary/aromatic N) is 4. The highest BCUT2D eigenvalue weighted by Gasteiger charge is 2.32. The van der Waals surface area contributed by atoms with Crippen molar-refractivity contribution < 1.29 is 14.3 Å². The second kappa shape index (κ2) is 7.06. The van der Waals surface area contributed by atoms with E-state index in [9.17, 15) is 4.79 Å². The Morgan fingerprint density at radius 1 is 1.24 bits per heavy atom. The molecule has 0 atom stereocenters. The van der Waals surface area contributed by atoms with E-state index in [4.69, 9.17) is 9.47 Å². The normalized spacial score (nSPS) is 19.0. The molecule has 1 saturated heterocycles. The van der Waals surface area contributed by atoms with Gasteiger partial charge >= 0.3 is 6.09 Å². The maximum atomic E-state index is 12.2. The van der Waals surface area contributed by atoms with Gasteiger partial charge in [-0.1, -0.05) is 0 Å². The van der Waals surface area contributed by atoms with Crippen molar-refractivity contribution in [3.05, 3.63) is 12.0 Å². The van der Waals surface area contributed by atoms with Crippen molar-refractivity contribution in [3.8, 4) is 5.75 Å². The minimum absolute atomic E-state index is 0.219. The molecule has 1 fully saturated rings. The van der Waals surface area contributed by atoms with E-state index in [1.54, 1.807) is 6.33 Å². The number of rotatable bonds is 1. The third-order valence-electron chi connectivity index (χ3n) is 4.58. The third kappa shape index (κ3) is 4.14. The fourth-order valence-electron chi connectivity index (χ4n) is 3.38. The number of amides is 1. The monoisotopic (exact) mass is 348 g/mol. The Balaban J connectivity index is 1.67. The van der Waals surface area contributed by atoms with E-state index in [-0.39, 0.29) is 6.09 Å². The zero-order valence-electron chi connectivity index (χ0n) is 15.6. The highest BCUT2D eigenvalue weighted by atomic mass is 16.6. The zero-order chi connectivity index (χ0) is 18.0. The molecule has 7 nitrogen and oxygen atoms in total. The van der Waals surface area contributed by atoms with Crippen LogP contribution in [-0.2, 0) is 4.74 Å². The predicted octanol–water partition coefficient (Wildman–Crippen LogP) is 2.77. The SMILES string of the molecule is Cc1ncnc2c1OCCCN2C1CCN(C(=O)OC(C)(C)C)CC1. The van der Waals surface area contributed by atoms with Crippen molar-refractivity contribution >= 4 is 11.9 Å². The second-order valence-corrected chi connectivity index (χ2v) is 7.71. The van der Waals surface area contributed by atoms with Gasteiger partial charge in [-0.15, -0.1) is 0 Å². The summed E-state index contributed by atoms with van der Waals surface area (Å²) in [6.07, 6.45) is 4.15. The number of carbonyl (C=O) groups is 1. The van der Waals surface area contributed by atoms with Gasteiger partial charge in [0.25, 0.3) is 0 Å². The summed E-state index contributed by atoms with van der Waals surface area (Å²) in [4.78, 5) is 25.1. The Morgan fingerprint density at radius 2 is 1.96 bits per heavy atom. The van der Waals surface area contributed by atoms with Crippen LogP contribution < -0.4 is 9.64 Å². The standard InChI is InChI=1S/C18H28N4O3/c1-13-15-16(20-12-19-13)22(8-5-11-24-15)14-6-9-21(10-7-14)17(23)25-18(2,3)4/h12,14H,5-11H2,1-4H3. The highest BCUT2D eigenvalue weighted by Crippen LogP contribution is 2.34. The quantitative estimate of drug-likeness (QED) is 0.777. The molecule has 0 radical (unpaired) electrons. The van der Waals surface area contributed by atoms with E-state index in [1.165, 1.54) is 0 Å². The molecule has 3 heterocycles. The topological polar surface area (TPSA) is 67.8 Å². The summed E-state index contributed by atoms with van der Waals surface area (Å²) < 4.78 is 11.3. The van der Waals surface area contributed by atoms with Crippen LogP contribution in [0.2, 0.25) is 0 Å². The Bertz CT molecular complexity index is 621. The molecule has 2 aliphatic heterocycles. The molecule has 0 aromatic carbocycles. The number of likely N-dealkylation sites (tertiary alicyclic amines) is 1. The smallest absolute Gasteiger partial charge is 0.410 e. The summed E-state index contributed by atoms with van der Waals surface area (Å²) in [6.45, 7) is 10.7. The molecule has 0 spiro atoms. The van der Waals surface area contributed by atoms with Crippen LogP contribution in [0.3, 0.4) is 0 Å². The van der Waals surface area contributed by atoms with Crippen LogP contribution in [0, 0.1) is 6.92 Å². The number of fused-ring (bicyclic) bond motifs is 1. The molecule has 138 valence electrons. The van der Waals surface area contributed by atoms with Crippen molar-refractivity contribution in [3.63, 3.8) is 0 Å². The average molecular weight is 348 g/mol. The summed E-state index contributed by atoms with van der Waals surface area (Å²) in [5.74, 6) is 1.69. The molecule has 0 saturated carbocycles. The van der Waals surface area contributed by atoms with E-state index in [2.05, 4.69) is 14.9 Å². The molecule has 1 amide bonds. The van der Waals surface area contributed by atoms with Crippen LogP contribution in [0.1, 0.15) is 45.7 Å². The van der Waals surface area contributed by atoms with E-state index in [0.29, 0.717) is 25.7 Å². The number of ether oxygens (including phenoxy) is 2. The third-order valence-corrected chi connectivity index (χ3v) is 4.58. The van der Waals surface area contributed by atoms with E-state index in [0.717, 1.165) is 43.1 Å². The zero-order valence-corrected chi connectivity index (χ0v) is 15.6. The lowest BCUT2D eigenvalue weighted by Gasteiger charge is -2.39. The Labute approximate surface area is 149 Å². The Kier molecular flexibility index (Phi) is 5.01. The summed E-state index contributed by atoms with van der Waals surface area (Å²) >= 11 is 0. The van der Waals surface area contributed by atoms with Crippen molar-refractivity contribution in [2.24, 2.45) is 0 Å². The summed E-state index contributed by atoms with van der Waals surface area (Å²) in [5.41, 5.74) is 0.423. The lowest BCUT2D eigenvalue weighted by atomic mass is 10.0. The predicted molar refractivity (Wildman–Crippen MR) is 95.1 cm³/mol. The van der Waals surface area contributed by atoms with E-state index < -0.39 is 5.60 Å². The fourth-order valence-corrected chi connectivity index (χ4v) is 3.38. The van der Waals surface area contributed by atoms with Gasteiger partial charge in [0.1, 0.15) is 11.9 Å². The molecule has 0 aliphatic carbocycles. The van der Waals surface area contributed by atoms with Crippen LogP contribution in [0.5, 0.6) is 5.75 Å². The Morgan fingerprint density at radius 3 is 2.64 bits per heavy atom. The number of carbonyl (C=O) groups excluding carboxylic acids is 1. The van der Waals surface area contributed by atoms with Crippen molar-refractivity contribution in [1.29, 1.82) is 0 Å². The number of piperidine rings is 1. The lowest BCUT2D eigenvalue weighted by molar-refractivity contribution is 0.0204. The fraction of sp³-hybridized carbons (Fsp3) is 0.722. The van der Waals surface area contributed by atoms with Crippen LogP contribution in [0.25, 0.3) is 0 Å². The van der Waals surface area contributed by atoms with Gasteiger partial charge in [0.15, 0.2) is 11.6 Å². The van der Waals surface area contributed by atoms with Crippen molar-refractivity contribution in [2.75, 3.05) is 31.1 Å². The number of anilines is 1. The maximum absolute atomic E-state index is 12.2. The van der Waals surface area contributed by atoms with Crippen LogP contribution in [0.15, 0.2) is 6.33 Å². The second-order valence-electron chi connectivity index (χ2n) is 7.71. The molecule has 2 aliphatic rings. The van der Waals surface area contributed by atoms with Gasteiger partial charge in [0.2, 0.25) is 0 Å². The molecular formula is C18H28N4O3. The lowest BCUT2D eigenvalue weighted by Crippen LogP contribution is -2.48. The van der Waals surface area contributed by atoms with Gasteiger partial charge in [0.05, 0.1) is 12.3 Å². The first-order valence-electron chi connectivity index (χ1n) is 9.04. The molecular weight excluding hydrogens is 320 g/mol.